The maximum Gasteiger partial charge on any atom is 0.245 e. The van der Waals surface area contributed by atoms with Gasteiger partial charge in [0, 0.05) is 56.8 Å². The van der Waals surface area contributed by atoms with E-state index in [0.717, 1.165) is 31.1 Å². The fourth-order valence-corrected chi connectivity index (χ4v) is 8.03. The van der Waals surface area contributed by atoms with Crippen molar-refractivity contribution in [3.05, 3.63) is 70.2 Å². The Morgan fingerprint density at radius 1 is 0.864 bits per heavy atom. The predicted octanol–water partition coefficient (Wildman–Crippen LogP) is 4.66. The molecule has 0 aromatic heterocycles. The number of amides is 2. The van der Waals surface area contributed by atoms with Gasteiger partial charge in [0.05, 0.1) is 6.04 Å². The molecule has 0 radical (unpaired) electrons. The van der Waals surface area contributed by atoms with Crippen molar-refractivity contribution in [3.63, 3.8) is 0 Å². The monoisotopic (exact) mass is 619 g/mol. The average Bonchev–Trinajstić information content (AvgIpc) is 3.58. The van der Waals surface area contributed by atoms with Crippen LogP contribution in [0.15, 0.2) is 48.5 Å². The van der Waals surface area contributed by atoms with Crippen LogP contribution in [0.3, 0.4) is 0 Å². The Kier molecular flexibility index (Phi) is 10.9. The van der Waals surface area contributed by atoms with Gasteiger partial charge >= 0.3 is 0 Å². The number of carbonyl (C=O) groups excluding carboxylic acids is 2. The summed E-state index contributed by atoms with van der Waals surface area (Å²) in [5.41, 5.74) is 3.42. The van der Waals surface area contributed by atoms with Crippen LogP contribution in [0.2, 0.25) is 5.02 Å². The third-order valence-electron chi connectivity index (χ3n) is 10.5. The minimum atomic E-state index is -0.614. The number of halogens is 1. The molecule has 2 aromatic rings. The molecule has 7 nitrogen and oxygen atoms in total. The van der Waals surface area contributed by atoms with E-state index in [9.17, 15) is 9.59 Å². The Morgan fingerprint density at radius 3 is 2.30 bits per heavy atom. The van der Waals surface area contributed by atoms with Gasteiger partial charge in [0.15, 0.2) is 0 Å². The minimum absolute atomic E-state index is 0.0209. The first-order valence-electron chi connectivity index (χ1n) is 17.1. The Bertz CT molecular complexity index is 1240. The van der Waals surface area contributed by atoms with Crippen molar-refractivity contribution in [3.8, 4) is 0 Å². The number of nitrogens with zero attached hydrogens (tertiary/aromatic N) is 3. The minimum Gasteiger partial charge on any atom is -0.343 e. The van der Waals surface area contributed by atoms with Crippen LogP contribution in [0.1, 0.15) is 68.1 Å². The number of piperazine rings is 1. The van der Waals surface area contributed by atoms with Gasteiger partial charge in [0.25, 0.3) is 0 Å². The molecular weight excluding hydrogens is 570 g/mol. The highest BCUT2D eigenvalue weighted by molar-refractivity contribution is 6.30. The Morgan fingerprint density at radius 2 is 1.57 bits per heavy atom. The van der Waals surface area contributed by atoms with Crippen molar-refractivity contribution < 1.29 is 9.59 Å². The molecule has 1 saturated carbocycles. The summed E-state index contributed by atoms with van der Waals surface area (Å²) in [6, 6.07) is 15.5. The number of benzene rings is 2. The fraction of sp³-hybridized carbons (Fsp3) is 0.611. The van der Waals surface area contributed by atoms with Crippen molar-refractivity contribution in [2.75, 3.05) is 45.8 Å². The maximum atomic E-state index is 14.1. The fourth-order valence-electron chi connectivity index (χ4n) is 7.91. The summed E-state index contributed by atoms with van der Waals surface area (Å²) >= 11 is 6.15. The summed E-state index contributed by atoms with van der Waals surface area (Å²) in [6.45, 7) is 7.51. The Labute approximate surface area is 268 Å². The molecule has 44 heavy (non-hydrogen) atoms. The van der Waals surface area contributed by atoms with Gasteiger partial charge in [-0.1, -0.05) is 80.1 Å². The van der Waals surface area contributed by atoms with E-state index >= 15 is 0 Å². The lowest BCUT2D eigenvalue weighted by Gasteiger charge is -2.43. The standard InChI is InChI=1S/C36H50ClN5O2/c37-31-14-12-28(13-15-31)23-34(39-35(43)33-24-29-10-4-5-11-30(29)25-38-33)36(44)42-20-18-41(19-21-42)32(26-40-16-6-7-17-40)22-27-8-2-1-3-9-27/h4-5,10-15,27,32-34,38H,1-3,6-9,16-26H2,(H,39,43). The molecule has 0 spiro atoms. The van der Waals surface area contributed by atoms with Crippen LogP contribution in [-0.4, -0.2) is 90.5 Å². The van der Waals surface area contributed by atoms with Crippen LogP contribution < -0.4 is 10.6 Å². The van der Waals surface area contributed by atoms with Crippen LogP contribution in [-0.2, 0) is 29.0 Å². The van der Waals surface area contributed by atoms with Gasteiger partial charge < -0.3 is 20.4 Å². The number of likely N-dealkylation sites (tertiary alicyclic amines) is 1. The van der Waals surface area contributed by atoms with E-state index in [1.165, 1.54) is 75.6 Å². The summed E-state index contributed by atoms with van der Waals surface area (Å²) in [7, 11) is 0. The lowest BCUT2D eigenvalue weighted by atomic mass is 9.84. The molecule has 1 aliphatic carbocycles. The second-order valence-corrected chi connectivity index (χ2v) is 14.0. The number of carbonyl (C=O) groups is 2. The lowest BCUT2D eigenvalue weighted by Crippen LogP contribution is -2.59. The van der Waals surface area contributed by atoms with Crippen molar-refractivity contribution >= 4 is 23.4 Å². The molecule has 3 atom stereocenters. The zero-order valence-electron chi connectivity index (χ0n) is 26.2. The highest BCUT2D eigenvalue weighted by Crippen LogP contribution is 2.30. The van der Waals surface area contributed by atoms with Crippen molar-refractivity contribution in [1.29, 1.82) is 0 Å². The van der Waals surface area contributed by atoms with Crippen LogP contribution in [0.4, 0.5) is 0 Å². The number of fused-ring (bicyclic) bond motifs is 1. The zero-order valence-corrected chi connectivity index (χ0v) is 26.9. The molecule has 8 heteroatoms. The Balaban J connectivity index is 1.10. The predicted molar refractivity (Wildman–Crippen MR) is 177 cm³/mol. The maximum absolute atomic E-state index is 14.1. The topological polar surface area (TPSA) is 67.9 Å². The van der Waals surface area contributed by atoms with E-state index < -0.39 is 6.04 Å². The smallest absolute Gasteiger partial charge is 0.245 e. The second-order valence-electron chi connectivity index (χ2n) is 13.6. The summed E-state index contributed by atoms with van der Waals surface area (Å²) in [6.07, 6.45) is 11.9. The summed E-state index contributed by atoms with van der Waals surface area (Å²) in [5, 5.41) is 7.22. The first kappa shape index (κ1) is 31.5. The lowest BCUT2D eigenvalue weighted by molar-refractivity contribution is -0.138. The average molecular weight is 620 g/mol. The van der Waals surface area contributed by atoms with Crippen LogP contribution in [0, 0.1) is 5.92 Å². The molecule has 238 valence electrons. The molecule has 0 bridgehead atoms. The van der Waals surface area contributed by atoms with E-state index in [2.05, 4.69) is 32.6 Å². The van der Waals surface area contributed by atoms with Gasteiger partial charge in [0.2, 0.25) is 11.8 Å². The van der Waals surface area contributed by atoms with Crippen molar-refractivity contribution in [2.45, 2.75) is 88.9 Å². The highest BCUT2D eigenvalue weighted by atomic mass is 35.5. The molecular formula is C36H50ClN5O2. The van der Waals surface area contributed by atoms with Gasteiger partial charge in [-0.05, 0) is 73.5 Å². The van der Waals surface area contributed by atoms with E-state index in [4.69, 9.17) is 11.6 Å². The number of hydrogen-bond acceptors (Lipinski definition) is 5. The van der Waals surface area contributed by atoms with E-state index in [1.807, 2.05) is 41.3 Å². The molecule has 3 heterocycles. The SMILES string of the molecule is O=C(NC(Cc1ccc(Cl)cc1)C(=O)N1CCN(C(CC2CCCCC2)CN2CCCC2)CC1)C1Cc2ccccc2CN1. The van der Waals surface area contributed by atoms with E-state index in [0.29, 0.717) is 43.5 Å². The number of hydrogen-bond donors (Lipinski definition) is 2. The van der Waals surface area contributed by atoms with Gasteiger partial charge in [0.1, 0.15) is 6.04 Å². The van der Waals surface area contributed by atoms with E-state index in [1.54, 1.807) is 0 Å². The van der Waals surface area contributed by atoms with Crippen molar-refractivity contribution in [1.82, 2.24) is 25.3 Å². The van der Waals surface area contributed by atoms with E-state index in [-0.39, 0.29) is 17.9 Å². The Hall–Kier alpha value is -2.45. The third kappa shape index (κ3) is 8.22. The quantitative estimate of drug-likeness (QED) is 0.405. The summed E-state index contributed by atoms with van der Waals surface area (Å²) in [5.74, 6) is 0.756. The normalized spacial score (nSPS) is 23.2. The third-order valence-corrected chi connectivity index (χ3v) is 10.8. The number of rotatable bonds is 10. The van der Waals surface area contributed by atoms with Crippen LogP contribution >= 0.6 is 11.6 Å². The number of nitrogens with one attached hydrogen (secondary N) is 2. The van der Waals surface area contributed by atoms with Crippen LogP contribution in [0.5, 0.6) is 0 Å². The molecule has 2 N–H and O–H groups in total. The van der Waals surface area contributed by atoms with Crippen LogP contribution in [0.25, 0.3) is 0 Å². The van der Waals surface area contributed by atoms with Gasteiger partial charge in [-0.2, -0.15) is 0 Å². The van der Waals surface area contributed by atoms with Gasteiger partial charge in [-0.25, -0.2) is 0 Å². The molecule has 3 aliphatic heterocycles. The molecule has 4 aliphatic rings. The largest absolute Gasteiger partial charge is 0.343 e. The van der Waals surface area contributed by atoms with Crippen molar-refractivity contribution in [2.24, 2.45) is 5.92 Å². The van der Waals surface area contributed by atoms with Gasteiger partial charge in [-0.15, -0.1) is 0 Å². The second kappa shape index (κ2) is 15.2. The molecule has 3 fully saturated rings. The highest BCUT2D eigenvalue weighted by Gasteiger charge is 2.34. The zero-order chi connectivity index (χ0) is 30.3. The first-order valence-corrected chi connectivity index (χ1v) is 17.5. The first-order chi connectivity index (χ1) is 21.5. The molecule has 2 aromatic carbocycles. The summed E-state index contributed by atoms with van der Waals surface area (Å²) in [4.78, 5) is 35.0. The molecule has 2 amide bonds. The molecule has 6 rings (SSSR count). The molecule has 2 saturated heterocycles. The summed E-state index contributed by atoms with van der Waals surface area (Å²) < 4.78 is 0. The van der Waals surface area contributed by atoms with Gasteiger partial charge in [-0.3, -0.25) is 14.5 Å². The molecule has 3 unspecified atom stereocenters.